The highest BCUT2D eigenvalue weighted by molar-refractivity contribution is 5.79. The van der Waals surface area contributed by atoms with Crippen LogP contribution in [0.5, 0.6) is 5.75 Å². The van der Waals surface area contributed by atoms with E-state index in [2.05, 4.69) is 20.4 Å². The van der Waals surface area contributed by atoms with E-state index in [0.717, 1.165) is 5.56 Å². The molecule has 1 heterocycles. The Morgan fingerprint density at radius 1 is 1.18 bits per heavy atom. The Balaban J connectivity index is 1.87. The normalized spacial score (nSPS) is 14.4. The maximum Gasteiger partial charge on any atom is 0.573 e. The van der Waals surface area contributed by atoms with Gasteiger partial charge in [0.25, 0.3) is 0 Å². The molecular formula is C19H24F3N3O3. The van der Waals surface area contributed by atoms with Gasteiger partial charge in [-0.15, -0.1) is 13.2 Å². The van der Waals surface area contributed by atoms with E-state index in [1.165, 1.54) is 18.4 Å². The van der Waals surface area contributed by atoms with E-state index in [9.17, 15) is 18.3 Å². The Morgan fingerprint density at radius 2 is 1.89 bits per heavy atom. The number of aliphatic hydroxyl groups is 1. The lowest BCUT2D eigenvalue weighted by atomic mass is 10.0. The van der Waals surface area contributed by atoms with Crippen LogP contribution in [0, 0.1) is 0 Å². The zero-order valence-electron chi connectivity index (χ0n) is 15.7. The highest BCUT2D eigenvalue weighted by Gasteiger charge is 2.31. The minimum Gasteiger partial charge on any atom is -0.466 e. The van der Waals surface area contributed by atoms with Crippen molar-refractivity contribution >= 4 is 5.96 Å². The van der Waals surface area contributed by atoms with Gasteiger partial charge < -0.3 is 24.9 Å². The lowest BCUT2D eigenvalue weighted by Crippen LogP contribution is -2.39. The van der Waals surface area contributed by atoms with Gasteiger partial charge in [-0.2, -0.15) is 0 Å². The fourth-order valence-electron chi connectivity index (χ4n) is 2.42. The SMILES string of the molecule is CCNC(=NCC(C)(O)c1ccco1)NCCc1ccc(OC(F)(F)F)cc1. The summed E-state index contributed by atoms with van der Waals surface area (Å²) in [7, 11) is 0. The molecule has 0 aliphatic heterocycles. The summed E-state index contributed by atoms with van der Waals surface area (Å²) in [6, 6.07) is 9.10. The van der Waals surface area contributed by atoms with Crippen LogP contribution < -0.4 is 15.4 Å². The van der Waals surface area contributed by atoms with Crippen molar-refractivity contribution in [3.05, 3.63) is 54.0 Å². The molecule has 0 bridgehead atoms. The predicted molar refractivity (Wildman–Crippen MR) is 99.1 cm³/mol. The first-order valence-electron chi connectivity index (χ1n) is 8.83. The zero-order valence-corrected chi connectivity index (χ0v) is 15.7. The van der Waals surface area contributed by atoms with Crippen LogP contribution in [0.1, 0.15) is 25.2 Å². The lowest BCUT2D eigenvalue weighted by Gasteiger charge is -2.19. The number of rotatable bonds is 8. The third kappa shape index (κ3) is 7.15. The smallest absolute Gasteiger partial charge is 0.466 e. The molecule has 0 amide bonds. The number of hydrogen-bond acceptors (Lipinski definition) is 4. The van der Waals surface area contributed by atoms with Crippen LogP contribution in [0.3, 0.4) is 0 Å². The molecule has 9 heteroatoms. The molecule has 2 rings (SSSR count). The molecule has 1 aromatic carbocycles. The third-order valence-electron chi connectivity index (χ3n) is 3.80. The molecule has 1 aromatic heterocycles. The molecule has 0 spiro atoms. The molecule has 154 valence electrons. The van der Waals surface area contributed by atoms with Crippen LogP contribution in [0.15, 0.2) is 52.1 Å². The Morgan fingerprint density at radius 3 is 2.46 bits per heavy atom. The topological polar surface area (TPSA) is 79.0 Å². The summed E-state index contributed by atoms with van der Waals surface area (Å²) in [6.07, 6.45) is -2.63. The van der Waals surface area contributed by atoms with Crippen LogP contribution in [0.4, 0.5) is 13.2 Å². The fraction of sp³-hybridized carbons (Fsp3) is 0.421. The molecular weight excluding hydrogens is 375 g/mol. The molecule has 28 heavy (non-hydrogen) atoms. The minimum atomic E-state index is -4.70. The van der Waals surface area contributed by atoms with Crippen molar-refractivity contribution in [3.8, 4) is 5.75 Å². The average Bonchev–Trinajstić information content (AvgIpc) is 3.15. The predicted octanol–water partition coefficient (Wildman–Crippen LogP) is 3.18. The van der Waals surface area contributed by atoms with Crippen LogP contribution in [-0.2, 0) is 12.0 Å². The maximum atomic E-state index is 12.2. The third-order valence-corrected chi connectivity index (χ3v) is 3.80. The highest BCUT2D eigenvalue weighted by atomic mass is 19.4. The van der Waals surface area contributed by atoms with E-state index < -0.39 is 12.0 Å². The first kappa shape index (κ1) is 21.6. The first-order valence-corrected chi connectivity index (χ1v) is 8.83. The molecule has 1 unspecified atom stereocenters. The molecule has 3 N–H and O–H groups in total. The number of hydrogen-bond donors (Lipinski definition) is 3. The molecule has 0 saturated carbocycles. The van der Waals surface area contributed by atoms with Gasteiger partial charge in [0.05, 0.1) is 12.8 Å². The van der Waals surface area contributed by atoms with Crippen LogP contribution in [0.25, 0.3) is 0 Å². The highest BCUT2D eigenvalue weighted by Crippen LogP contribution is 2.23. The number of alkyl halides is 3. The second-order valence-corrected chi connectivity index (χ2v) is 6.31. The van der Waals surface area contributed by atoms with Crippen molar-refractivity contribution in [1.82, 2.24) is 10.6 Å². The van der Waals surface area contributed by atoms with E-state index in [1.54, 1.807) is 31.2 Å². The monoisotopic (exact) mass is 399 g/mol. The average molecular weight is 399 g/mol. The molecule has 0 radical (unpaired) electrons. The van der Waals surface area contributed by atoms with Crippen molar-refractivity contribution in [2.75, 3.05) is 19.6 Å². The van der Waals surface area contributed by atoms with Gasteiger partial charge in [0.15, 0.2) is 5.96 Å². The molecule has 0 aliphatic rings. The van der Waals surface area contributed by atoms with Crippen molar-refractivity contribution in [3.63, 3.8) is 0 Å². The summed E-state index contributed by atoms with van der Waals surface area (Å²) in [4.78, 5) is 4.37. The number of halogens is 3. The van der Waals surface area contributed by atoms with Crippen molar-refractivity contribution in [2.24, 2.45) is 4.99 Å². The van der Waals surface area contributed by atoms with Crippen molar-refractivity contribution < 1.29 is 27.4 Å². The van der Waals surface area contributed by atoms with Gasteiger partial charge in [-0.3, -0.25) is 0 Å². The number of guanidine groups is 1. The summed E-state index contributed by atoms with van der Waals surface area (Å²) in [5.41, 5.74) is -0.388. The second kappa shape index (κ2) is 9.50. The van der Waals surface area contributed by atoms with Gasteiger partial charge in [-0.25, -0.2) is 4.99 Å². The lowest BCUT2D eigenvalue weighted by molar-refractivity contribution is -0.274. The number of benzene rings is 1. The Bertz CT molecular complexity index is 742. The van der Waals surface area contributed by atoms with Gasteiger partial charge >= 0.3 is 6.36 Å². The Labute approximate surface area is 161 Å². The molecule has 1 atom stereocenters. The van der Waals surface area contributed by atoms with Gasteiger partial charge in [0, 0.05) is 13.1 Å². The van der Waals surface area contributed by atoms with Crippen LogP contribution >= 0.6 is 0 Å². The Kier molecular flexibility index (Phi) is 7.33. The van der Waals surface area contributed by atoms with E-state index >= 15 is 0 Å². The molecule has 0 fully saturated rings. The summed E-state index contributed by atoms with van der Waals surface area (Å²) < 4.78 is 45.6. The van der Waals surface area contributed by atoms with E-state index in [1.807, 2.05) is 6.92 Å². The van der Waals surface area contributed by atoms with Gasteiger partial charge in [0.1, 0.15) is 17.1 Å². The molecule has 0 aliphatic carbocycles. The molecule has 2 aromatic rings. The zero-order chi connectivity index (χ0) is 20.6. The number of aliphatic imine (C=N–C) groups is 1. The second-order valence-electron chi connectivity index (χ2n) is 6.31. The van der Waals surface area contributed by atoms with Crippen molar-refractivity contribution in [1.29, 1.82) is 0 Å². The largest absolute Gasteiger partial charge is 0.573 e. The molecule has 0 saturated heterocycles. The summed E-state index contributed by atoms with van der Waals surface area (Å²) >= 11 is 0. The van der Waals surface area contributed by atoms with Crippen molar-refractivity contribution in [2.45, 2.75) is 32.2 Å². The van der Waals surface area contributed by atoms with Crippen LogP contribution in [-0.4, -0.2) is 37.1 Å². The fourth-order valence-corrected chi connectivity index (χ4v) is 2.42. The number of nitrogens with one attached hydrogen (secondary N) is 2. The standard InChI is InChI=1S/C19H24F3N3O3/c1-3-23-17(25-13-18(2,26)16-5-4-12-27-16)24-11-10-14-6-8-15(9-7-14)28-19(20,21)22/h4-9,12,26H,3,10-11,13H2,1-2H3,(H2,23,24,25). The quantitative estimate of drug-likeness (QED) is 0.469. The Hall–Kier alpha value is -2.68. The van der Waals surface area contributed by atoms with Gasteiger partial charge in [-0.1, -0.05) is 12.1 Å². The summed E-state index contributed by atoms with van der Waals surface area (Å²) in [6.45, 7) is 4.77. The van der Waals surface area contributed by atoms with Gasteiger partial charge in [-0.05, 0) is 50.1 Å². The van der Waals surface area contributed by atoms with E-state index in [4.69, 9.17) is 4.42 Å². The van der Waals surface area contributed by atoms with E-state index in [-0.39, 0.29) is 12.3 Å². The summed E-state index contributed by atoms with van der Waals surface area (Å²) in [5.74, 6) is 0.693. The first-order chi connectivity index (χ1) is 13.2. The molecule has 6 nitrogen and oxygen atoms in total. The number of nitrogens with zero attached hydrogens (tertiary/aromatic N) is 1. The summed E-state index contributed by atoms with van der Waals surface area (Å²) in [5, 5.41) is 16.7. The van der Waals surface area contributed by atoms with E-state index in [0.29, 0.717) is 31.2 Å². The van der Waals surface area contributed by atoms with Gasteiger partial charge in [0.2, 0.25) is 0 Å². The number of ether oxygens (including phenoxy) is 1. The maximum absolute atomic E-state index is 12.2. The number of furan rings is 1. The van der Waals surface area contributed by atoms with Crippen LogP contribution in [0.2, 0.25) is 0 Å². The minimum absolute atomic E-state index is 0.0966.